The molecular weight excluding hydrogens is 302 g/mol. The van der Waals surface area contributed by atoms with Gasteiger partial charge in [-0.1, -0.05) is 0 Å². The van der Waals surface area contributed by atoms with Crippen LogP contribution < -0.4 is 10.6 Å². The number of nitrogens with zero attached hydrogens (tertiary/aromatic N) is 3. The van der Waals surface area contributed by atoms with Crippen LogP contribution in [0.2, 0.25) is 0 Å². The van der Waals surface area contributed by atoms with Crippen LogP contribution in [-0.2, 0) is 24.3 Å². The smallest absolute Gasteiger partial charge is 0.244 e. The first-order valence-corrected chi connectivity index (χ1v) is 8.44. The van der Waals surface area contributed by atoms with Crippen molar-refractivity contribution < 1.29 is 4.79 Å². The molecule has 128 valence electrons. The number of aryl methyl sites for hydroxylation is 3. The van der Waals surface area contributed by atoms with Crippen LogP contribution in [0.1, 0.15) is 46.7 Å². The lowest BCUT2D eigenvalue weighted by molar-refractivity contribution is -0.124. The molecule has 0 aromatic carbocycles. The van der Waals surface area contributed by atoms with Crippen LogP contribution in [0.15, 0.2) is 12.3 Å². The largest absolute Gasteiger partial charge is 0.350 e. The van der Waals surface area contributed by atoms with Gasteiger partial charge in [0.1, 0.15) is 6.04 Å². The van der Waals surface area contributed by atoms with Gasteiger partial charge in [-0.05, 0) is 63.4 Å². The molecule has 2 N–H and O–H groups in total. The van der Waals surface area contributed by atoms with Crippen LogP contribution in [0, 0.1) is 20.8 Å². The Morgan fingerprint density at radius 3 is 2.92 bits per heavy atom. The Labute approximate surface area is 142 Å². The van der Waals surface area contributed by atoms with E-state index in [-0.39, 0.29) is 11.9 Å². The van der Waals surface area contributed by atoms with Crippen LogP contribution in [0.3, 0.4) is 0 Å². The minimum absolute atomic E-state index is 0.0212. The molecule has 1 aliphatic heterocycles. The van der Waals surface area contributed by atoms with Gasteiger partial charge in [-0.15, -0.1) is 0 Å². The van der Waals surface area contributed by atoms with Gasteiger partial charge in [0, 0.05) is 30.7 Å². The van der Waals surface area contributed by atoms with E-state index in [0.717, 1.165) is 42.2 Å². The molecule has 2 aromatic heterocycles. The average molecular weight is 327 g/mol. The van der Waals surface area contributed by atoms with Crippen molar-refractivity contribution in [1.29, 1.82) is 0 Å². The Morgan fingerprint density at radius 2 is 2.21 bits per heavy atom. The molecule has 24 heavy (non-hydrogen) atoms. The summed E-state index contributed by atoms with van der Waals surface area (Å²) in [5.41, 5.74) is 6.65. The maximum atomic E-state index is 12.6. The summed E-state index contributed by atoms with van der Waals surface area (Å²) < 4.78 is 1.78. The van der Waals surface area contributed by atoms with Gasteiger partial charge >= 0.3 is 0 Å². The number of amides is 1. The van der Waals surface area contributed by atoms with E-state index in [4.69, 9.17) is 0 Å². The maximum absolute atomic E-state index is 12.6. The van der Waals surface area contributed by atoms with Crippen molar-refractivity contribution in [3.63, 3.8) is 0 Å². The highest BCUT2D eigenvalue weighted by molar-refractivity contribution is 5.79. The van der Waals surface area contributed by atoms with Crippen LogP contribution in [0.4, 0.5) is 0 Å². The van der Waals surface area contributed by atoms with E-state index in [9.17, 15) is 4.79 Å². The normalized spacial score (nSPS) is 15.0. The second-order valence-corrected chi connectivity index (χ2v) is 6.52. The highest BCUT2D eigenvalue weighted by Gasteiger charge is 2.20. The average Bonchev–Trinajstić information content (AvgIpc) is 2.91. The molecule has 0 saturated heterocycles. The molecular formula is C18H25N5O. The van der Waals surface area contributed by atoms with Crippen molar-refractivity contribution in [2.24, 2.45) is 0 Å². The molecule has 1 amide bonds. The van der Waals surface area contributed by atoms with Crippen molar-refractivity contribution in [3.05, 3.63) is 46.0 Å². The fourth-order valence-corrected chi connectivity index (χ4v) is 3.35. The molecule has 2 aromatic rings. The lowest BCUT2D eigenvalue weighted by atomic mass is 9.96. The molecule has 6 heteroatoms. The zero-order valence-corrected chi connectivity index (χ0v) is 14.8. The topological polar surface area (TPSA) is 71.8 Å². The maximum Gasteiger partial charge on any atom is 0.244 e. The van der Waals surface area contributed by atoms with Crippen LogP contribution in [-0.4, -0.2) is 27.2 Å². The van der Waals surface area contributed by atoms with E-state index in [2.05, 4.69) is 20.7 Å². The molecule has 0 radical (unpaired) electrons. The molecule has 1 unspecified atom stereocenters. The SMILES string of the molecule is Cc1cc(C)n(C(C)C(=O)NCc2c(C)ncc3c2CCNC3)n1. The summed E-state index contributed by atoms with van der Waals surface area (Å²) in [5, 5.41) is 10.8. The highest BCUT2D eigenvalue weighted by atomic mass is 16.2. The summed E-state index contributed by atoms with van der Waals surface area (Å²) in [6.45, 7) is 10.1. The molecule has 3 heterocycles. The van der Waals surface area contributed by atoms with Gasteiger partial charge in [0.2, 0.25) is 5.91 Å². The first kappa shape index (κ1) is 16.6. The molecule has 0 aliphatic carbocycles. The highest BCUT2D eigenvalue weighted by Crippen LogP contribution is 2.20. The number of fused-ring (bicyclic) bond motifs is 1. The molecule has 0 saturated carbocycles. The number of aromatic nitrogens is 3. The Morgan fingerprint density at radius 1 is 1.42 bits per heavy atom. The predicted octanol–water partition coefficient (Wildman–Crippen LogP) is 1.73. The van der Waals surface area contributed by atoms with E-state index in [1.807, 2.05) is 40.0 Å². The Bertz CT molecular complexity index is 765. The first-order chi connectivity index (χ1) is 11.5. The van der Waals surface area contributed by atoms with Gasteiger partial charge in [0.25, 0.3) is 0 Å². The van der Waals surface area contributed by atoms with Crippen molar-refractivity contribution >= 4 is 5.91 Å². The standard InChI is InChI=1S/C18H25N5O/c1-11-7-12(2)23(22-11)14(4)18(24)21-10-17-13(3)20-9-15-8-19-6-5-16(15)17/h7,9,14,19H,5-6,8,10H2,1-4H3,(H,21,24). The van der Waals surface area contributed by atoms with E-state index in [1.165, 1.54) is 11.1 Å². The zero-order valence-electron chi connectivity index (χ0n) is 14.8. The van der Waals surface area contributed by atoms with Crippen molar-refractivity contribution in [1.82, 2.24) is 25.4 Å². The minimum Gasteiger partial charge on any atom is -0.350 e. The fraction of sp³-hybridized carbons (Fsp3) is 0.500. The van der Waals surface area contributed by atoms with Gasteiger partial charge in [0.05, 0.1) is 5.69 Å². The van der Waals surface area contributed by atoms with E-state index >= 15 is 0 Å². The molecule has 1 atom stereocenters. The number of rotatable bonds is 4. The van der Waals surface area contributed by atoms with Crippen LogP contribution >= 0.6 is 0 Å². The molecule has 1 aliphatic rings. The summed E-state index contributed by atoms with van der Waals surface area (Å²) in [6.07, 6.45) is 2.93. The second kappa shape index (κ2) is 6.73. The van der Waals surface area contributed by atoms with Gasteiger partial charge in [-0.25, -0.2) is 0 Å². The predicted molar refractivity (Wildman–Crippen MR) is 92.6 cm³/mol. The third kappa shape index (κ3) is 3.19. The Hall–Kier alpha value is -2.21. The lowest BCUT2D eigenvalue weighted by Crippen LogP contribution is -2.33. The quantitative estimate of drug-likeness (QED) is 0.897. The summed E-state index contributed by atoms with van der Waals surface area (Å²) in [5.74, 6) is -0.0212. The third-order valence-corrected chi connectivity index (χ3v) is 4.70. The second-order valence-electron chi connectivity index (χ2n) is 6.52. The monoisotopic (exact) mass is 327 g/mol. The van der Waals surface area contributed by atoms with Crippen molar-refractivity contribution in [3.8, 4) is 0 Å². The van der Waals surface area contributed by atoms with Crippen LogP contribution in [0.5, 0.6) is 0 Å². The Balaban J connectivity index is 1.74. The van der Waals surface area contributed by atoms with Crippen LogP contribution in [0.25, 0.3) is 0 Å². The van der Waals surface area contributed by atoms with E-state index in [0.29, 0.717) is 6.54 Å². The molecule has 6 nitrogen and oxygen atoms in total. The minimum atomic E-state index is -0.326. The first-order valence-electron chi connectivity index (χ1n) is 8.44. The summed E-state index contributed by atoms with van der Waals surface area (Å²) >= 11 is 0. The number of hydrogen-bond donors (Lipinski definition) is 2. The summed E-state index contributed by atoms with van der Waals surface area (Å²) in [4.78, 5) is 17.0. The zero-order chi connectivity index (χ0) is 17.3. The van der Waals surface area contributed by atoms with Crippen molar-refractivity contribution in [2.45, 2.75) is 53.2 Å². The number of pyridine rings is 1. The lowest BCUT2D eigenvalue weighted by Gasteiger charge is -2.22. The molecule has 0 fully saturated rings. The Kier molecular flexibility index (Phi) is 4.66. The number of nitrogens with one attached hydrogen (secondary N) is 2. The number of hydrogen-bond acceptors (Lipinski definition) is 4. The van der Waals surface area contributed by atoms with E-state index < -0.39 is 0 Å². The van der Waals surface area contributed by atoms with E-state index in [1.54, 1.807) is 4.68 Å². The molecule has 0 spiro atoms. The fourth-order valence-electron chi connectivity index (χ4n) is 3.35. The van der Waals surface area contributed by atoms with Gasteiger partial charge in [-0.3, -0.25) is 14.5 Å². The third-order valence-electron chi connectivity index (χ3n) is 4.70. The van der Waals surface area contributed by atoms with Gasteiger partial charge in [0.15, 0.2) is 0 Å². The van der Waals surface area contributed by atoms with Crippen molar-refractivity contribution in [2.75, 3.05) is 6.54 Å². The van der Waals surface area contributed by atoms with Gasteiger partial charge < -0.3 is 10.6 Å². The number of carbonyl (C=O) groups excluding carboxylic acids is 1. The van der Waals surface area contributed by atoms with Gasteiger partial charge in [-0.2, -0.15) is 5.10 Å². The summed E-state index contributed by atoms with van der Waals surface area (Å²) in [6, 6.07) is 1.66. The molecule has 3 rings (SSSR count). The number of carbonyl (C=O) groups is 1. The molecule has 0 bridgehead atoms. The summed E-state index contributed by atoms with van der Waals surface area (Å²) in [7, 11) is 0.